The summed E-state index contributed by atoms with van der Waals surface area (Å²) in [5.41, 5.74) is 0. The highest BCUT2D eigenvalue weighted by atomic mass is 16.5. The average Bonchev–Trinajstić information content (AvgIpc) is 2.80. The number of amides is 1. The van der Waals surface area contributed by atoms with Crippen molar-refractivity contribution < 1.29 is 23.7 Å². The van der Waals surface area contributed by atoms with Gasteiger partial charge in [0.1, 0.15) is 0 Å². The van der Waals surface area contributed by atoms with Crippen molar-refractivity contribution in [1.29, 1.82) is 0 Å². The Balaban J connectivity index is 1.73. The molecule has 1 atom stereocenters. The van der Waals surface area contributed by atoms with E-state index in [0.29, 0.717) is 33.0 Å². The van der Waals surface area contributed by atoms with Crippen LogP contribution >= 0.6 is 0 Å². The fourth-order valence-corrected chi connectivity index (χ4v) is 2.36. The van der Waals surface area contributed by atoms with E-state index in [0.717, 1.165) is 39.1 Å². The Morgan fingerprint density at radius 3 is 2.43 bits per heavy atom. The normalized spacial score (nSPS) is 18.6. The minimum absolute atomic E-state index is 0.0234. The maximum absolute atomic E-state index is 10.6. The summed E-state index contributed by atoms with van der Waals surface area (Å²) in [6.45, 7) is 7.02. The minimum atomic E-state index is -0.0234. The Labute approximate surface area is 140 Å². The van der Waals surface area contributed by atoms with E-state index in [1.54, 1.807) is 0 Å². The van der Waals surface area contributed by atoms with E-state index < -0.39 is 0 Å². The van der Waals surface area contributed by atoms with Crippen LogP contribution in [0.25, 0.3) is 0 Å². The number of nitrogens with one attached hydrogen (secondary N) is 1. The topological polar surface area (TPSA) is 66.0 Å². The second-order valence-electron chi connectivity index (χ2n) is 5.83. The summed E-state index contributed by atoms with van der Waals surface area (Å²) in [5.74, 6) is -0.0234. The van der Waals surface area contributed by atoms with Crippen molar-refractivity contribution in [1.82, 2.24) is 5.32 Å². The first kappa shape index (κ1) is 20.4. The van der Waals surface area contributed by atoms with Crippen molar-refractivity contribution in [2.75, 3.05) is 52.8 Å². The molecule has 1 amide bonds. The number of hydrogen-bond donors (Lipinski definition) is 1. The number of ether oxygens (including phenoxy) is 4. The number of rotatable bonds is 13. The molecule has 1 fully saturated rings. The molecule has 1 N–H and O–H groups in total. The first-order chi connectivity index (χ1) is 11.3. The zero-order valence-electron chi connectivity index (χ0n) is 14.5. The summed E-state index contributed by atoms with van der Waals surface area (Å²) < 4.78 is 22.3. The Hall–Kier alpha value is -0.690. The molecule has 0 spiro atoms. The lowest BCUT2D eigenvalue weighted by atomic mass is 10.1. The third kappa shape index (κ3) is 13.4. The van der Waals surface area contributed by atoms with Gasteiger partial charge < -0.3 is 24.3 Å². The van der Waals surface area contributed by atoms with Crippen LogP contribution in [0.4, 0.5) is 0 Å². The zero-order chi connectivity index (χ0) is 16.6. The molecular weight excluding hydrogens is 298 g/mol. The minimum Gasteiger partial charge on any atom is -0.381 e. The van der Waals surface area contributed by atoms with Gasteiger partial charge in [-0.25, -0.2) is 0 Å². The largest absolute Gasteiger partial charge is 0.381 e. The first-order valence-electron chi connectivity index (χ1n) is 8.88. The zero-order valence-corrected chi connectivity index (χ0v) is 14.5. The van der Waals surface area contributed by atoms with E-state index in [-0.39, 0.29) is 12.0 Å². The van der Waals surface area contributed by atoms with Gasteiger partial charge in [-0.15, -0.1) is 0 Å². The van der Waals surface area contributed by atoms with Gasteiger partial charge in [0, 0.05) is 46.5 Å². The first-order valence-corrected chi connectivity index (χ1v) is 8.88. The maximum atomic E-state index is 10.6. The molecule has 136 valence electrons. The van der Waals surface area contributed by atoms with Gasteiger partial charge in [-0.05, 0) is 25.7 Å². The Kier molecular flexibility index (Phi) is 13.2. The van der Waals surface area contributed by atoms with E-state index in [9.17, 15) is 4.79 Å². The van der Waals surface area contributed by atoms with Crippen LogP contribution in [-0.2, 0) is 23.7 Å². The van der Waals surface area contributed by atoms with Crippen LogP contribution in [0.15, 0.2) is 0 Å². The van der Waals surface area contributed by atoms with Crippen molar-refractivity contribution >= 4 is 5.91 Å². The van der Waals surface area contributed by atoms with Gasteiger partial charge in [-0.1, -0.05) is 12.8 Å². The molecule has 6 nitrogen and oxygen atoms in total. The molecule has 0 aromatic rings. The van der Waals surface area contributed by atoms with Crippen LogP contribution in [0.3, 0.4) is 0 Å². The average molecular weight is 331 g/mol. The molecule has 23 heavy (non-hydrogen) atoms. The second-order valence-corrected chi connectivity index (χ2v) is 5.83. The molecule has 1 saturated heterocycles. The Morgan fingerprint density at radius 2 is 1.70 bits per heavy atom. The molecule has 0 aromatic carbocycles. The molecule has 0 aliphatic carbocycles. The molecule has 0 aromatic heterocycles. The van der Waals surface area contributed by atoms with Gasteiger partial charge in [-0.3, -0.25) is 4.79 Å². The summed E-state index contributed by atoms with van der Waals surface area (Å²) in [7, 11) is 0. The number of carbonyl (C=O) groups is 1. The molecule has 1 heterocycles. The molecule has 0 radical (unpaired) electrons. The maximum Gasteiger partial charge on any atom is 0.216 e. The molecule has 0 saturated carbocycles. The van der Waals surface area contributed by atoms with Crippen molar-refractivity contribution in [3.05, 3.63) is 0 Å². The van der Waals surface area contributed by atoms with Crippen LogP contribution in [0.2, 0.25) is 0 Å². The lowest BCUT2D eigenvalue weighted by Crippen LogP contribution is -2.24. The van der Waals surface area contributed by atoms with E-state index in [2.05, 4.69) is 5.32 Å². The summed E-state index contributed by atoms with van der Waals surface area (Å²) in [5, 5.41) is 2.69. The molecule has 1 unspecified atom stereocenters. The molecule has 0 bridgehead atoms. The lowest BCUT2D eigenvalue weighted by molar-refractivity contribution is -0.119. The number of hydrogen-bond acceptors (Lipinski definition) is 5. The summed E-state index contributed by atoms with van der Waals surface area (Å²) >= 11 is 0. The van der Waals surface area contributed by atoms with Crippen molar-refractivity contribution in [3.8, 4) is 0 Å². The lowest BCUT2D eigenvalue weighted by Gasteiger charge is -2.14. The van der Waals surface area contributed by atoms with Crippen molar-refractivity contribution in [2.45, 2.75) is 51.6 Å². The van der Waals surface area contributed by atoms with Gasteiger partial charge >= 0.3 is 0 Å². The quantitative estimate of drug-likeness (QED) is 0.522. The standard InChI is InChI=1S/C17H33NO5/c1-16(19)18-8-14-21-11-5-9-20-10-6-12-22-15-17-7-3-2-4-13-23-17/h17H,2-15H2,1H3,(H,18,19). The van der Waals surface area contributed by atoms with E-state index in [4.69, 9.17) is 18.9 Å². The molecule has 1 aliphatic rings. The number of carbonyl (C=O) groups excluding carboxylic acids is 1. The summed E-state index contributed by atoms with van der Waals surface area (Å²) in [6, 6.07) is 0. The predicted molar refractivity (Wildman–Crippen MR) is 88.6 cm³/mol. The SMILES string of the molecule is CC(=O)NCCOCCCOCCCOCC1CCCCCO1. The van der Waals surface area contributed by atoms with Gasteiger partial charge in [0.15, 0.2) is 0 Å². The highest BCUT2D eigenvalue weighted by Crippen LogP contribution is 2.13. The van der Waals surface area contributed by atoms with Crippen LogP contribution < -0.4 is 5.32 Å². The van der Waals surface area contributed by atoms with E-state index in [1.165, 1.54) is 26.2 Å². The summed E-state index contributed by atoms with van der Waals surface area (Å²) in [6.07, 6.45) is 6.91. The monoisotopic (exact) mass is 331 g/mol. The molecule has 1 rings (SSSR count). The molecule has 1 aliphatic heterocycles. The second kappa shape index (κ2) is 14.9. The van der Waals surface area contributed by atoms with E-state index >= 15 is 0 Å². The van der Waals surface area contributed by atoms with Crippen LogP contribution in [0, 0.1) is 0 Å². The predicted octanol–water partition coefficient (Wildman–Crippen LogP) is 1.91. The van der Waals surface area contributed by atoms with E-state index in [1.807, 2.05) is 0 Å². The highest BCUT2D eigenvalue weighted by molar-refractivity contribution is 5.72. The third-order valence-electron chi connectivity index (χ3n) is 3.60. The van der Waals surface area contributed by atoms with Crippen molar-refractivity contribution in [2.24, 2.45) is 0 Å². The van der Waals surface area contributed by atoms with Crippen LogP contribution in [-0.4, -0.2) is 64.8 Å². The molecule has 6 heteroatoms. The third-order valence-corrected chi connectivity index (χ3v) is 3.60. The van der Waals surface area contributed by atoms with Crippen LogP contribution in [0.1, 0.15) is 45.4 Å². The van der Waals surface area contributed by atoms with Gasteiger partial charge in [0.25, 0.3) is 0 Å². The van der Waals surface area contributed by atoms with Gasteiger partial charge in [-0.2, -0.15) is 0 Å². The Morgan fingerprint density at radius 1 is 1.00 bits per heavy atom. The Bertz CT molecular complexity index is 280. The molecular formula is C17H33NO5. The smallest absolute Gasteiger partial charge is 0.216 e. The van der Waals surface area contributed by atoms with Crippen LogP contribution in [0.5, 0.6) is 0 Å². The fraction of sp³-hybridized carbons (Fsp3) is 0.941. The fourth-order valence-electron chi connectivity index (χ4n) is 2.36. The van der Waals surface area contributed by atoms with Gasteiger partial charge in [0.2, 0.25) is 5.91 Å². The van der Waals surface area contributed by atoms with Crippen molar-refractivity contribution in [3.63, 3.8) is 0 Å². The summed E-state index contributed by atoms with van der Waals surface area (Å²) in [4.78, 5) is 10.6. The highest BCUT2D eigenvalue weighted by Gasteiger charge is 2.12. The van der Waals surface area contributed by atoms with Gasteiger partial charge in [0.05, 0.1) is 19.3 Å².